The van der Waals surface area contributed by atoms with Crippen molar-refractivity contribution in [2.75, 3.05) is 6.61 Å². The third-order valence-electron chi connectivity index (χ3n) is 6.76. The van der Waals surface area contributed by atoms with Gasteiger partial charge in [-0.15, -0.1) is 0 Å². The summed E-state index contributed by atoms with van der Waals surface area (Å²) in [6.07, 6.45) is 7.26. The molecular formula is C29H28ClFO. The molecule has 1 nitrogen and oxygen atoms in total. The number of allylic oxidation sites excluding steroid dienone is 2. The Hall–Kier alpha value is -2.42. The van der Waals surface area contributed by atoms with E-state index in [0.717, 1.165) is 36.8 Å². The van der Waals surface area contributed by atoms with Crippen molar-refractivity contribution in [1.29, 1.82) is 0 Å². The van der Waals surface area contributed by atoms with E-state index in [4.69, 9.17) is 16.3 Å². The maximum atomic E-state index is 14.9. The first-order chi connectivity index (χ1) is 15.6. The number of benzene rings is 3. The molecule has 3 aromatic rings. The van der Waals surface area contributed by atoms with E-state index in [9.17, 15) is 4.39 Å². The molecule has 0 saturated carbocycles. The van der Waals surface area contributed by atoms with Crippen molar-refractivity contribution in [3.63, 3.8) is 0 Å². The van der Waals surface area contributed by atoms with Gasteiger partial charge in [0.2, 0.25) is 0 Å². The fourth-order valence-corrected chi connectivity index (χ4v) is 5.06. The molecular weight excluding hydrogens is 419 g/mol. The summed E-state index contributed by atoms with van der Waals surface area (Å²) in [6.45, 7) is 2.84. The monoisotopic (exact) mass is 446 g/mol. The molecule has 3 heteroatoms. The number of halogens is 2. The molecule has 0 bridgehead atoms. The van der Waals surface area contributed by atoms with E-state index in [1.165, 1.54) is 28.7 Å². The van der Waals surface area contributed by atoms with Crippen LogP contribution in [0, 0.1) is 5.82 Å². The van der Waals surface area contributed by atoms with E-state index in [-0.39, 0.29) is 16.9 Å². The van der Waals surface area contributed by atoms with E-state index < -0.39 is 0 Å². The molecule has 1 aliphatic carbocycles. The first-order valence-electron chi connectivity index (χ1n) is 11.6. The van der Waals surface area contributed by atoms with E-state index >= 15 is 0 Å². The first-order valence-corrected chi connectivity index (χ1v) is 12.0. The van der Waals surface area contributed by atoms with Crippen LogP contribution in [0.25, 0.3) is 16.7 Å². The molecule has 32 heavy (non-hydrogen) atoms. The van der Waals surface area contributed by atoms with Gasteiger partial charge in [-0.05, 0) is 59.4 Å². The quantitative estimate of drug-likeness (QED) is 0.345. The molecule has 0 spiro atoms. The zero-order valence-corrected chi connectivity index (χ0v) is 19.2. The summed E-state index contributed by atoms with van der Waals surface area (Å²) in [5, 5.41) is 0.214. The zero-order valence-electron chi connectivity index (χ0n) is 18.4. The summed E-state index contributed by atoms with van der Waals surface area (Å²) in [5.74, 6) is 0.163. The molecule has 3 aromatic carbocycles. The molecule has 1 fully saturated rings. The summed E-state index contributed by atoms with van der Waals surface area (Å²) < 4.78 is 20.2. The van der Waals surface area contributed by atoms with Gasteiger partial charge in [-0.3, -0.25) is 0 Å². The molecule has 1 aliphatic heterocycles. The summed E-state index contributed by atoms with van der Waals surface area (Å²) in [7, 11) is 0. The smallest absolute Gasteiger partial charge is 0.149 e. The van der Waals surface area contributed by atoms with Gasteiger partial charge in [-0.1, -0.05) is 91.7 Å². The third kappa shape index (κ3) is 4.40. The van der Waals surface area contributed by atoms with Crippen molar-refractivity contribution in [2.45, 2.75) is 51.0 Å². The Morgan fingerprint density at radius 3 is 2.25 bits per heavy atom. The van der Waals surface area contributed by atoms with Crippen LogP contribution < -0.4 is 0 Å². The van der Waals surface area contributed by atoms with E-state index in [2.05, 4.69) is 61.5 Å². The highest BCUT2D eigenvalue weighted by molar-refractivity contribution is 6.31. The van der Waals surface area contributed by atoms with Gasteiger partial charge in [0.05, 0.1) is 11.6 Å². The fraction of sp³-hybridized carbons (Fsp3) is 0.310. The standard InChI is InChI=1S/C29H28ClFO/c1-2-3-19-4-6-20(7-5-19)21-8-10-22(11-9-21)23-12-14-24(15-13-23)25-16-17-26(27-18-32-27)28(30)29(25)31/h4-11,14,16-17,23,27H,2-3,12-13,15,18H2,1H3. The largest absolute Gasteiger partial charge is 0.368 e. The minimum Gasteiger partial charge on any atom is -0.368 e. The number of aryl methyl sites for hydroxylation is 1. The highest BCUT2D eigenvalue weighted by Gasteiger charge is 2.30. The normalized spacial score (nSPS) is 20.2. The Labute approximate surface area is 194 Å². The molecule has 1 heterocycles. The van der Waals surface area contributed by atoms with Crippen molar-refractivity contribution in [3.8, 4) is 11.1 Å². The molecule has 164 valence electrons. The average Bonchev–Trinajstić information content (AvgIpc) is 3.67. The minimum atomic E-state index is -0.307. The summed E-state index contributed by atoms with van der Waals surface area (Å²) in [6, 6.07) is 21.6. The first kappa shape index (κ1) is 21.4. The van der Waals surface area contributed by atoms with Crippen molar-refractivity contribution in [1.82, 2.24) is 0 Å². The lowest BCUT2D eigenvalue weighted by molar-refractivity contribution is 0.415. The zero-order chi connectivity index (χ0) is 22.1. The van der Waals surface area contributed by atoms with Gasteiger partial charge >= 0.3 is 0 Å². The lowest BCUT2D eigenvalue weighted by Crippen LogP contribution is -2.05. The van der Waals surface area contributed by atoms with Crippen molar-refractivity contribution < 1.29 is 9.13 Å². The Bertz CT molecular complexity index is 1130. The minimum absolute atomic E-state index is 0.0342. The average molecular weight is 447 g/mol. The Balaban J connectivity index is 1.28. The van der Waals surface area contributed by atoms with Crippen LogP contribution in [-0.2, 0) is 11.2 Å². The molecule has 0 amide bonds. The van der Waals surface area contributed by atoms with Gasteiger partial charge in [0.15, 0.2) is 0 Å². The van der Waals surface area contributed by atoms with Crippen LogP contribution in [0.15, 0.2) is 66.7 Å². The van der Waals surface area contributed by atoms with E-state index in [1.807, 2.05) is 12.1 Å². The van der Waals surface area contributed by atoms with Crippen LogP contribution >= 0.6 is 11.6 Å². The van der Waals surface area contributed by atoms with Crippen LogP contribution in [0.2, 0.25) is 5.02 Å². The highest BCUT2D eigenvalue weighted by Crippen LogP contribution is 2.41. The number of rotatable bonds is 6. The number of ether oxygens (including phenoxy) is 1. The van der Waals surface area contributed by atoms with Crippen molar-refractivity contribution in [2.24, 2.45) is 0 Å². The van der Waals surface area contributed by atoms with Gasteiger partial charge in [0, 0.05) is 11.1 Å². The topological polar surface area (TPSA) is 12.5 Å². The van der Waals surface area contributed by atoms with Crippen LogP contribution in [0.4, 0.5) is 4.39 Å². The van der Waals surface area contributed by atoms with E-state index in [1.54, 1.807) is 0 Å². The Morgan fingerprint density at radius 2 is 1.66 bits per heavy atom. The molecule has 2 atom stereocenters. The van der Waals surface area contributed by atoms with Gasteiger partial charge in [0.1, 0.15) is 11.9 Å². The second-order valence-corrected chi connectivity index (χ2v) is 9.30. The van der Waals surface area contributed by atoms with Gasteiger partial charge in [-0.2, -0.15) is 0 Å². The Kier molecular flexibility index (Phi) is 6.17. The fourth-order valence-electron chi connectivity index (χ4n) is 4.77. The molecule has 1 saturated heterocycles. The highest BCUT2D eigenvalue weighted by atomic mass is 35.5. The second-order valence-electron chi connectivity index (χ2n) is 8.92. The molecule has 0 aromatic heterocycles. The Morgan fingerprint density at radius 1 is 0.969 bits per heavy atom. The van der Waals surface area contributed by atoms with Crippen LogP contribution in [0.3, 0.4) is 0 Å². The van der Waals surface area contributed by atoms with Gasteiger partial charge < -0.3 is 4.74 Å². The predicted molar refractivity (Wildman–Crippen MR) is 131 cm³/mol. The SMILES string of the molecule is CCCc1ccc(-c2ccc(C3CC=C(c4ccc(C5CO5)c(Cl)c4F)CC3)cc2)cc1. The number of epoxide rings is 1. The van der Waals surface area contributed by atoms with Crippen LogP contribution in [0.1, 0.15) is 66.9 Å². The summed E-state index contributed by atoms with van der Waals surface area (Å²) in [4.78, 5) is 0. The lowest BCUT2D eigenvalue weighted by Gasteiger charge is -2.23. The van der Waals surface area contributed by atoms with Gasteiger partial charge in [0.25, 0.3) is 0 Å². The molecule has 0 N–H and O–H groups in total. The van der Waals surface area contributed by atoms with Crippen LogP contribution in [-0.4, -0.2) is 6.61 Å². The van der Waals surface area contributed by atoms with Crippen molar-refractivity contribution >= 4 is 17.2 Å². The van der Waals surface area contributed by atoms with Crippen LogP contribution in [0.5, 0.6) is 0 Å². The molecule has 2 unspecified atom stereocenters. The second kappa shape index (κ2) is 9.21. The summed E-state index contributed by atoms with van der Waals surface area (Å²) >= 11 is 6.28. The molecule has 0 radical (unpaired) electrons. The van der Waals surface area contributed by atoms with Gasteiger partial charge in [-0.25, -0.2) is 4.39 Å². The lowest BCUT2D eigenvalue weighted by atomic mass is 9.82. The third-order valence-corrected chi connectivity index (χ3v) is 7.14. The maximum Gasteiger partial charge on any atom is 0.149 e. The number of hydrogen-bond donors (Lipinski definition) is 0. The maximum absolute atomic E-state index is 14.9. The van der Waals surface area contributed by atoms with Crippen molar-refractivity contribution in [3.05, 3.63) is 99.8 Å². The predicted octanol–water partition coefficient (Wildman–Crippen LogP) is 8.52. The summed E-state index contributed by atoms with van der Waals surface area (Å²) in [5.41, 5.74) is 7.72. The van der Waals surface area contributed by atoms with E-state index in [0.29, 0.717) is 18.1 Å². The molecule has 2 aliphatic rings. The number of hydrogen-bond acceptors (Lipinski definition) is 1. The molecule has 5 rings (SSSR count).